The van der Waals surface area contributed by atoms with E-state index in [2.05, 4.69) is 18.7 Å². The van der Waals surface area contributed by atoms with Crippen molar-refractivity contribution in [3.8, 4) is 0 Å². The summed E-state index contributed by atoms with van der Waals surface area (Å²) in [6, 6.07) is 0.612. The number of carboxylic acids is 1. The lowest BCUT2D eigenvalue weighted by Gasteiger charge is -2.37. The van der Waals surface area contributed by atoms with E-state index in [9.17, 15) is 4.79 Å². The highest BCUT2D eigenvalue weighted by Gasteiger charge is 2.27. The molecule has 0 aromatic heterocycles. The molecule has 0 saturated heterocycles. The van der Waals surface area contributed by atoms with Crippen molar-refractivity contribution in [1.82, 2.24) is 4.90 Å². The number of hydrogen-bond donors (Lipinski definition) is 1. The zero-order valence-electron chi connectivity index (χ0n) is 11.5. The van der Waals surface area contributed by atoms with E-state index in [0.717, 1.165) is 12.5 Å². The van der Waals surface area contributed by atoms with Crippen molar-refractivity contribution in [2.45, 2.75) is 58.9 Å². The quantitative estimate of drug-likeness (QED) is 0.777. The summed E-state index contributed by atoms with van der Waals surface area (Å²) < 4.78 is 0. The molecule has 0 amide bonds. The summed E-state index contributed by atoms with van der Waals surface area (Å²) in [6.45, 7) is 7.89. The Bertz CT molecular complexity index is 242. The molecule has 0 aliphatic heterocycles. The molecule has 0 aromatic rings. The molecule has 17 heavy (non-hydrogen) atoms. The van der Waals surface area contributed by atoms with Gasteiger partial charge in [-0.25, -0.2) is 0 Å². The highest BCUT2D eigenvalue weighted by atomic mass is 16.4. The Kier molecular flexibility index (Phi) is 5.96. The SMILES string of the molecule is CCC1CCCC(N(CC)CC(C)C(=O)O)C1. The fourth-order valence-electron chi connectivity index (χ4n) is 2.93. The third-order valence-corrected chi connectivity index (χ3v) is 4.18. The maximum absolute atomic E-state index is 10.9. The molecule has 3 heteroatoms. The molecule has 0 bridgehead atoms. The van der Waals surface area contributed by atoms with E-state index in [0.29, 0.717) is 12.6 Å². The van der Waals surface area contributed by atoms with Gasteiger partial charge < -0.3 is 5.11 Å². The summed E-state index contributed by atoms with van der Waals surface area (Å²) in [5, 5.41) is 9.00. The van der Waals surface area contributed by atoms with Crippen LogP contribution in [0.2, 0.25) is 0 Å². The summed E-state index contributed by atoms with van der Waals surface area (Å²) in [7, 11) is 0. The van der Waals surface area contributed by atoms with Crippen LogP contribution in [0.25, 0.3) is 0 Å². The van der Waals surface area contributed by atoms with Crippen molar-refractivity contribution in [3.63, 3.8) is 0 Å². The fourth-order valence-corrected chi connectivity index (χ4v) is 2.93. The average Bonchev–Trinajstić information content (AvgIpc) is 2.35. The number of rotatable bonds is 6. The highest BCUT2D eigenvalue weighted by molar-refractivity contribution is 5.69. The van der Waals surface area contributed by atoms with Crippen LogP contribution >= 0.6 is 0 Å². The number of carbonyl (C=O) groups is 1. The van der Waals surface area contributed by atoms with E-state index in [1.54, 1.807) is 0 Å². The van der Waals surface area contributed by atoms with E-state index in [1.165, 1.54) is 32.1 Å². The summed E-state index contributed by atoms with van der Waals surface area (Å²) in [6.07, 6.45) is 6.44. The monoisotopic (exact) mass is 241 g/mol. The Hall–Kier alpha value is -0.570. The molecule has 0 heterocycles. The van der Waals surface area contributed by atoms with Crippen molar-refractivity contribution < 1.29 is 9.90 Å². The first-order valence-corrected chi connectivity index (χ1v) is 7.05. The minimum Gasteiger partial charge on any atom is -0.481 e. The molecule has 3 unspecified atom stereocenters. The molecular formula is C14H27NO2. The Morgan fingerprint density at radius 1 is 1.41 bits per heavy atom. The Labute approximate surface area is 105 Å². The van der Waals surface area contributed by atoms with Gasteiger partial charge in [0.1, 0.15) is 0 Å². The van der Waals surface area contributed by atoms with Crippen LogP contribution in [0, 0.1) is 11.8 Å². The van der Waals surface area contributed by atoms with Gasteiger partial charge in [0, 0.05) is 12.6 Å². The normalized spacial score (nSPS) is 27.1. The van der Waals surface area contributed by atoms with Gasteiger partial charge in [0.25, 0.3) is 0 Å². The summed E-state index contributed by atoms with van der Waals surface area (Å²) >= 11 is 0. The molecular weight excluding hydrogens is 214 g/mol. The molecule has 0 radical (unpaired) electrons. The molecule has 3 nitrogen and oxygen atoms in total. The predicted molar refractivity (Wildman–Crippen MR) is 70.1 cm³/mol. The first kappa shape index (κ1) is 14.5. The second-order valence-electron chi connectivity index (χ2n) is 5.42. The third-order valence-electron chi connectivity index (χ3n) is 4.18. The number of hydrogen-bond acceptors (Lipinski definition) is 2. The van der Waals surface area contributed by atoms with Gasteiger partial charge >= 0.3 is 5.97 Å². The molecule has 1 aliphatic rings. The minimum absolute atomic E-state index is 0.253. The van der Waals surface area contributed by atoms with Gasteiger partial charge in [0.15, 0.2) is 0 Å². The first-order valence-electron chi connectivity index (χ1n) is 7.05. The number of carboxylic acid groups (broad SMARTS) is 1. The van der Waals surface area contributed by atoms with Crippen LogP contribution in [0.1, 0.15) is 52.9 Å². The summed E-state index contributed by atoms with van der Waals surface area (Å²) in [5.74, 6) is -0.0776. The van der Waals surface area contributed by atoms with E-state index >= 15 is 0 Å². The predicted octanol–water partition coefficient (Wildman–Crippen LogP) is 3.00. The van der Waals surface area contributed by atoms with Crippen molar-refractivity contribution in [2.24, 2.45) is 11.8 Å². The van der Waals surface area contributed by atoms with Gasteiger partial charge in [-0.15, -0.1) is 0 Å². The second-order valence-corrected chi connectivity index (χ2v) is 5.42. The molecule has 3 atom stereocenters. The van der Waals surface area contributed by atoms with Crippen LogP contribution < -0.4 is 0 Å². The van der Waals surface area contributed by atoms with Gasteiger partial charge in [-0.2, -0.15) is 0 Å². The Balaban J connectivity index is 2.51. The molecule has 100 valence electrons. The lowest BCUT2D eigenvalue weighted by Crippen LogP contribution is -2.42. The van der Waals surface area contributed by atoms with Crippen LogP contribution in [0.4, 0.5) is 0 Å². The maximum atomic E-state index is 10.9. The molecule has 1 aliphatic carbocycles. The molecule has 0 spiro atoms. The van der Waals surface area contributed by atoms with Gasteiger partial charge in [-0.3, -0.25) is 9.69 Å². The van der Waals surface area contributed by atoms with Gasteiger partial charge in [-0.1, -0.05) is 40.0 Å². The van der Waals surface area contributed by atoms with Crippen molar-refractivity contribution in [1.29, 1.82) is 0 Å². The van der Waals surface area contributed by atoms with Crippen LogP contribution in [-0.4, -0.2) is 35.1 Å². The fraction of sp³-hybridized carbons (Fsp3) is 0.929. The Morgan fingerprint density at radius 2 is 2.12 bits per heavy atom. The molecule has 0 aromatic carbocycles. The largest absolute Gasteiger partial charge is 0.481 e. The molecule has 1 saturated carbocycles. The van der Waals surface area contributed by atoms with E-state index in [-0.39, 0.29) is 5.92 Å². The van der Waals surface area contributed by atoms with Crippen molar-refractivity contribution in [2.75, 3.05) is 13.1 Å². The highest BCUT2D eigenvalue weighted by Crippen LogP contribution is 2.30. The van der Waals surface area contributed by atoms with Gasteiger partial charge in [0.05, 0.1) is 5.92 Å². The zero-order chi connectivity index (χ0) is 12.8. The smallest absolute Gasteiger partial charge is 0.307 e. The standard InChI is InChI=1S/C14H27NO2/c1-4-12-7-6-8-13(9-12)15(5-2)10-11(3)14(16)17/h11-13H,4-10H2,1-3H3,(H,16,17). The topological polar surface area (TPSA) is 40.5 Å². The number of nitrogens with zero attached hydrogens (tertiary/aromatic N) is 1. The molecule has 1 fully saturated rings. The number of aliphatic carboxylic acids is 1. The average molecular weight is 241 g/mol. The van der Waals surface area contributed by atoms with Crippen LogP contribution in [0.3, 0.4) is 0 Å². The lowest BCUT2D eigenvalue weighted by atomic mass is 9.83. The zero-order valence-corrected chi connectivity index (χ0v) is 11.5. The van der Waals surface area contributed by atoms with Crippen LogP contribution in [0.15, 0.2) is 0 Å². The summed E-state index contributed by atoms with van der Waals surface area (Å²) in [4.78, 5) is 13.3. The van der Waals surface area contributed by atoms with Crippen LogP contribution in [-0.2, 0) is 4.79 Å². The van der Waals surface area contributed by atoms with E-state index < -0.39 is 5.97 Å². The molecule has 1 N–H and O–H groups in total. The van der Waals surface area contributed by atoms with Gasteiger partial charge in [0.2, 0.25) is 0 Å². The first-order chi connectivity index (χ1) is 8.08. The van der Waals surface area contributed by atoms with Crippen molar-refractivity contribution >= 4 is 5.97 Å². The lowest BCUT2D eigenvalue weighted by molar-refractivity contribution is -0.142. The van der Waals surface area contributed by atoms with Gasteiger partial charge in [-0.05, 0) is 25.3 Å². The van der Waals surface area contributed by atoms with E-state index in [4.69, 9.17) is 5.11 Å². The van der Waals surface area contributed by atoms with Crippen molar-refractivity contribution in [3.05, 3.63) is 0 Å². The minimum atomic E-state index is -0.675. The molecule has 1 rings (SSSR count). The Morgan fingerprint density at radius 3 is 2.65 bits per heavy atom. The second kappa shape index (κ2) is 7.00. The maximum Gasteiger partial charge on any atom is 0.307 e. The third kappa shape index (κ3) is 4.30. The van der Waals surface area contributed by atoms with Crippen LogP contribution in [0.5, 0.6) is 0 Å². The summed E-state index contributed by atoms with van der Waals surface area (Å²) in [5.41, 5.74) is 0. The van der Waals surface area contributed by atoms with E-state index in [1.807, 2.05) is 6.92 Å².